The van der Waals surface area contributed by atoms with Crippen molar-refractivity contribution in [2.75, 3.05) is 13.1 Å². The molecule has 0 spiro atoms. The fourth-order valence-electron chi connectivity index (χ4n) is 6.05. The molecule has 0 saturated carbocycles. The predicted octanol–water partition coefficient (Wildman–Crippen LogP) is 8.56. The fourth-order valence-corrected chi connectivity index (χ4v) is 6.05. The molecule has 0 unspecified atom stereocenters. The Labute approximate surface area is 293 Å². The topological polar surface area (TPSA) is 31.8 Å². The van der Waals surface area contributed by atoms with Crippen molar-refractivity contribution in [3.8, 4) is 0 Å². The van der Waals surface area contributed by atoms with Gasteiger partial charge in [-0.15, -0.1) is 0 Å². The third-order valence-corrected chi connectivity index (χ3v) is 9.46. The molecule has 0 aliphatic carbocycles. The van der Waals surface area contributed by atoms with Gasteiger partial charge in [-0.25, -0.2) is 9.13 Å². The van der Waals surface area contributed by atoms with Crippen molar-refractivity contribution < 1.29 is 9.13 Å². The van der Waals surface area contributed by atoms with E-state index in [4.69, 9.17) is 0 Å². The molecular weight excluding hydrogens is 585 g/mol. The van der Waals surface area contributed by atoms with Crippen LogP contribution in [0.1, 0.15) is 113 Å². The van der Waals surface area contributed by atoms with E-state index in [0.29, 0.717) is 0 Å². The fraction of sp³-hybridized carbons (Fsp3) is 0.500. The maximum Gasteiger partial charge on any atom is 0.169 e. The smallest absolute Gasteiger partial charge is 0.169 e. The Morgan fingerprint density at radius 3 is 1.10 bits per heavy atom. The quantitative estimate of drug-likeness (QED) is 0.0789. The molecule has 0 fully saturated rings. The molecule has 2 N–H and O–H groups in total. The molecule has 4 heteroatoms. The summed E-state index contributed by atoms with van der Waals surface area (Å²) in [6.45, 7) is 19.9. The highest BCUT2D eigenvalue weighted by Crippen LogP contribution is 2.23. The number of aryl methyl sites for hydroxylation is 4. The Kier molecular flexibility index (Phi) is 14.8. The Hall–Kier alpha value is -3.34. The molecule has 0 radical (unpaired) electrons. The van der Waals surface area contributed by atoms with Crippen LogP contribution in [-0.4, -0.2) is 13.1 Å². The van der Waals surface area contributed by atoms with Gasteiger partial charge in [0, 0.05) is 50.2 Å². The lowest BCUT2D eigenvalue weighted by atomic mass is 9.87. The van der Waals surface area contributed by atoms with Crippen LogP contribution in [0.5, 0.6) is 0 Å². The summed E-state index contributed by atoms with van der Waals surface area (Å²) in [6.07, 6.45) is 18.6. The molecule has 0 aliphatic heterocycles. The average Bonchev–Trinajstić information content (AvgIpc) is 3.07. The highest BCUT2D eigenvalue weighted by molar-refractivity contribution is 5.28. The van der Waals surface area contributed by atoms with Gasteiger partial charge in [-0.2, -0.15) is 0 Å². The Morgan fingerprint density at radius 1 is 0.417 bits per heavy atom. The van der Waals surface area contributed by atoms with E-state index in [1.54, 1.807) is 0 Å². The predicted molar refractivity (Wildman–Crippen MR) is 202 cm³/mol. The van der Waals surface area contributed by atoms with E-state index >= 15 is 0 Å². The van der Waals surface area contributed by atoms with Crippen LogP contribution in [0.25, 0.3) is 0 Å². The van der Waals surface area contributed by atoms with E-state index in [1.807, 2.05) is 0 Å². The van der Waals surface area contributed by atoms with E-state index in [-0.39, 0.29) is 10.8 Å². The van der Waals surface area contributed by atoms with Crippen LogP contribution in [0, 0.1) is 0 Å². The van der Waals surface area contributed by atoms with Gasteiger partial charge in [-0.05, 0) is 95.8 Å². The van der Waals surface area contributed by atoms with Crippen LogP contribution < -0.4 is 19.8 Å². The lowest BCUT2D eigenvalue weighted by molar-refractivity contribution is -0.697. The lowest BCUT2D eigenvalue weighted by Gasteiger charge is -2.19. The van der Waals surface area contributed by atoms with Crippen LogP contribution in [-0.2, 0) is 49.9 Å². The number of aromatic nitrogens is 2. The van der Waals surface area contributed by atoms with Gasteiger partial charge in [0.1, 0.15) is 13.1 Å². The van der Waals surface area contributed by atoms with Crippen molar-refractivity contribution in [2.24, 2.45) is 0 Å². The minimum Gasteiger partial charge on any atom is -0.313 e. The molecule has 258 valence electrons. The molecule has 0 bridgehead atoms. The first kappa shape index (κ1) is 37.5. The number of rotatable bonds is 19. The van der Waals surface area contributed by atoms with Crippen molar-refractivity contribution in [3.05, 3.63) is 131 Å². The van der Waals surface area contributed by atoms with Crippen LogP contribution >= 0.6 is 0 Å². The second kappa shape index (κ2) is 19.0. The summed E-state index contributed by atoms with van der Waals surface area (Å²) in [6, 6.07) is 27.3. The van der Waals surface area contributed by atoms with Gasteiger partial charge >= 0.3 is 0 Å². The highest BCUT2D eigenvalue weighted by Gasteiger charge is 2.13. The minimum atomic E-state index is 0.219. The summed E-state index contributed by atoms with van der Waals surface area (Å²) < 4.78 is 4.67. The van der Waals surface area contributed by atoms with Crippen molar-refractivity contribution >= 4 is 0 Å². The van der Waals surface area contributed by atoms with E-state index in [1.165, 1.54) is 71.9 Å². The molecule has 4 rings (SSSR count). The zero-order chi connectivity index (χ0) is 34.2. The molecule has 0 atom stereocenters. The maximum absolute atomic E-state index is 3.61. The SMILES string of the molecule is CC(C)(C)c1ccc(CNCCCCC[n+]2ccc(CCc3cc[n+](CCCCCNCc4ccc(C(C)(C)C)cc4)cc3)cc2)cc1. The van der Waals surface area contributed by atoms with E-state index < -0.39 is 0 Å². The molecule has 2 heterocycles. The standard InChI is InChI=1S/C44H64N4/c1-43(2,3)41-19-15-39(16-20-41)35-45-27-9-7-11-29-47-31-23-37(24-32-47)13-14-38-25-33-48(34-26-38)30-12-8-10-28-46-36-40-17-21-42(22-18-40)44(4,5)6/h15-26,31-34,45-46H,7-14,27-30,35-36H2,1-6H3/q+2. The van der Waals surface area contributed by atoms with Crippen molar-refractivity contribution in [3.63, 3.8) is 0 Å². The Balaban J connectivity index is 1.01. The van der Waals surface area contributed by atoms with Crippen LogP contribution in [0.4, 0.5) is 0 Å². The molecule has 0 aliphatic rings. The molecule has 2 aromatic carbocycles. The first-order chi connectivity index (χ1) is 23.1. The zero-order valence-corrected chi connectivity index (χ0v) is 31.0. The summed E-state index contributed by atoms with van der Waals surface area (Å²) in [4.78, 5) is 0. The lowest BCUT2D eigenvalue weighted by Crippen LogP contribution is -2.33. The molecule has 4 aromatic rings. The highest BCUT2D eigenvalue weighted by atomic mass is 14.9. The summed E-state index contributed by atoms with van der Waals surface area (Å²) in [5.41, 5.74) is 8.81. The third kappa shape index (κ3) is 13.6. The number of nitrogens with one attached hydrogen (secondary N) is 2. The first-order valence-electron chi connectivity index (χ1n) is 18.6. The second-order valence-electron chi connectivity index (χ2n) is 15.8. The van der Waals surface area contributed by atoms with Crippen LogP contribution in [0.15, 0.2) is 97.6 Å². The molecule has 48 heavy (non-hydrogen) atoms. The van der Waals surface area contributed by atoms with E-state index in [2.05, 4.69) is 159 Å². The number of benzene rings is 2. The molecule has 0 saturated heterocycles. The largest absolute Gasteiger partial charge is 0.313 e. The van der Waals surface area contributed by atoms with Crippen molar-refractivity contribution in [1.29, 1.82) is 0 Å². The van der Waals surface area contributed by atoms with Gasteiger partial charge in [-0.3, -0.25) is 0 Å². The summed E-state index contributed by atoms with van der Waals surface area (Å²) in [7, 11) is 0. The zero-order valence-electron chi connectivity index (χ0n) is 31.0. The second-order valence-corrected chi connectivity index (χ2v) is 15.8. The average molecular weight is 649 g/mol. The normalized spacial score (nSPS) is 12.0. The van der Waals surface area contributed by atoms with E-state index in [9.17, 15) is 0 Å². The molecule has 2 aromatic heterocycles. The van der Waals surface area contributed by atoms with Gasteiger partial charge in [-0.1, -0.05) is 90.1 Å². The van der Waals surface area contributed by atoms with Gasteiger partial charge in [0.15, 0.2) is 24.8 Å². The maximum atomic E-state index is 3.61. The summed E-state index contributed by atoms with van der Waals surface area (Å²) >= 11 is 0. The van der Waals surface area contributed by atoms with Crippen LogP contribution in [0.2, 0.25) is 0 Å². The summed E-state index contributed by atoms with van der Waals surface area (Å²) in [5.74, 6) is 0. The van der Waals surface area contributed by atoms with Gasteiger partial charge in [0.05, 0.1) is 0 Å². The minimum absolute atomic E-state index is 0.219. The van der Waals surface area contributed by atoms with Crippen molar-refractivity contribution in [2.45, 2.75) is 130 Å². The molecule has 4 nitrogen and oxygen atoms in total. The number of hydrogen-bond acceptors (Lipinski definition) is 2. The number of pyridine rings is 2. The third-order valence-electron chi connectivity index (χ3n) is 9.46. The van der Waals surface area contributed by atoms with Gasteiger partial charge < -0.3 is 10.6 Å². The number of unbranched alkanes of at least 4 members (excludes halogenated alkanes) is 4. The van der Waals surface area contributed by atoms with Crippen LogP contribution in [0.3, 0.4) is 0 Å². The van der Waals surface area contributed by atoms with E-state index in [0.717, 1.165) is 52.1 Å². The first-order valence-corrected chi connectivity index (χ1v) is 18.6. The monoisotopic (exact) mass is 649 g/mol. The number of nitrogens with zero attached hydrogens (tertiary/aromatic N) is 2. The number of hydrogen-bond donors (Lipinski definition) is 2. The Bertz CT molecular complexity index is 1330. The molecule has 0 amide bonds. The van der Waals surface area contributed by atoms with Crippen molar-refractivity contribution in [1.82, 2.24) is 10.6 Å². The summed E-state index contributed by atoms with van der Waals surface area (Å²) in [5, 5.41) is 7.22. The van der Waals surface area contributed by atoms with Gasteiger partial charge in [0.2, 0.25) is 0 Å². The van der Waals surface area contributed by atoms with Gasteiger partial charge in [0.25, 0.3) is 0 Å². The Morgan fingerprint density at radius 2 is 0.771 bits per heavy atom. The molecular formula is C44H64N4+2.